The average Bonchev–Trinajstić information content (AvgIpc) is 4.09. The third-order valence-electron chi connectivity index (χ3n) is 14.9. The molecule has 7 aromatic carbocycles. The largest absolute Gasteiger partial charge is 0.337 e. The molecule has 0 spiro atoms. The van der Waals surface area contributed by atoms with Gasteiger partial charge in [-0.05, 0) is 115 Å². The van der Waals surface area contributed by atoms with Crippen LogP contribution < -0.4 is 9.80 Å². The summed E-state index contributed by atoms with van der Waals surface area (Å²) in [6, 6.07) is 61.6. The van der Waals surface area contributed by atoms with Gasteiger partial charge in [0.05, 0.1) is 34.2 Å². The first-order chi connectivity index (χ1) is 31.8. The minimum atomic E-state index is 0.186. The van der Waals surface area contributed by atoms with E-state index >= 15 is 0 Å². The van der Waals surface area contributed by atoms with Gasteiger partial charge in [0, 0.05) is 67.2 Å². The van der Waals surface area contributed by atoms with E-state index < -0.39 is 0 Å². The zero-order valence-corrected chi connectivity index (χ0v) is 35.6. The second-order valence-electron chi connectivity index (χ2n) is 18.2. The molecule has 2 aromatic heterocycles. The van der Waals surface area contributed by atoms with Crippen LogP contribution in [0.15, 0.2) is 217 Å². The lowest BCUT2D eigenvalue weighted by atomic mass is 9.79. The molecule has 9 aromatic rings. The Kier molecular flexibility index (Phi) is 7.85. The molecule has 5 aliphatic rings. The Balaban J connectivity index is 0.941. The molecule has 0 fully saturated rings. The normalized spacial score (nSPS) is 20.0. The van der Waals surface area contributed by atoms with Crippen LogP contribution in [-0.4, -0.2) is 21.2 Å². The van der Waals surface area contributed by atoms with E-state index in [0.29, 0.717) is 5.92 Å². The molecule has 4 heterocycles. The number of allylic oxidation sites excluding steroid dienone is 8. The molecule has 4 heteroatoms. The number of nitrogens with zero attached hydrogens (tertiary/aromatic N) is 4. The maximum absolute atomic E-state index is 2.72. The number of fused-ring (bicyclic) bond motifs is 13. The van der Waals surface area contributed by atoms with E-state index in [4.69, 9.17) is 0 Å². The summed E-state index contributed by atoms with van der Waals surface area (Å²) in [4.78, 5) is 5.38. The monoisotopic (exact) mass is 822 g/mol. The summed E-state index contributed by atoms with van der Waals surface area (Å²) in [5.41, 5.74) is 19.6. The van der Waals surface area contributed by atoms with Crippen molar-refractivity contribution in [3.63, 3.8) is 0 Å². The van der Waals surface area contributed by atoms with Crippen molar-refractivity contribution in [3.05, 3.63) is 228 Å². The van der Waals surface area contributed by atoms with Crippen molar-refractivity contribution in [2.45, 2.75) is 50.1 Å². The van der Waals surface area contributed by atoms with Crippen LogP contribution in [-0.2, 0) is 0 Å². The molecule has 306 valence electrons. The molecule has 0 bridgehead atoms. The molecule has 0 saturated heterocycles. The molecular weight excluding hydrogens is 777 g/mol. The predicted molar refractivity (Wildman–Crippen MR) is 267 cm³/mol. The first-order valence-electron chi connectivity index (χ1n) is 23.2. The zero-order chi connectivity index (χ0) is 41.9. The zero-order valence-electron chi connectivity index (χ0n) is 35.6. The Hall–Kier alpha value is -7.56. The fourth-order valence-electron chi connectivity index (χ4n) is 12.2. The number of anilines is 3. The second-order valence-corrected chi connectivity index (χ2v) is 18.2. The van der Waals surface area contributed by atoms with Gasteiger partial charge in [0.25, 0.3) is 0 Å². The van der Waals surface area contributed by atoms with Crippen molar-refractivity contribution in [1.29, 1.82) is 0 Å². The van der Waals surface area contributed by atoms with Gasteiger partial charge in [-0.1, -0.05) is 140 Å². The Morgan fingerprint density at radius 2 is 1.14 bits per heavy atom. The smallest absolute Gasteiger partial charge is 0.0788 e. The number of benzene rings is 7. The van der Waals surface area contributed by atoms with E-state index in [1.807, 2.05) is 0 Å². The number of hydrogen-bond donors (Lipinski definition) is 0. The maximum Gasteiger partial charge on any atom is 0.0788 e. The molecular formula is C60H46N4. The van der Waals surface area contributed by atoms with Crippen molar-refractivity contribution in [3.8, 4) is 11.4 Å². The van der Waals surface area contributed by atoms with Crippen molar-refractivity contribution < 1.29 is 0 Å². The molecule has 0 radical (unpaired) electrons. The van der Waals surface area contributed by atoms with E-state index in [2.05, 4.69) is 219 Å². The van der Waals surface area contributed by atoms with Gasteiger partial charge in [-0.25, -0.2) is 0 Å². The van der Waals surface area contributed by atoms with Gasteiger partial charge in [0.2, 0.25) is 0 Å². The van der Waals surface area contributed by atoms with E-state index in [-0.39, 0.29) is 12.1 Å². The second kappa shape index (κ2) is 14.0. The molecule has 0 saturated carbocycles. The third kappa shape index (κ3) is 5.17. The first kappa shape index (κ1) is 36.0. The number of aromatic nitrogens is 2. The molecule has 64 heavy (non-hydrogen) atoms. The average molecular weight is 823 g/mol. The molecule has 14 rings (SSSR count). The lowest BCUT2D eigenvalue weighted by Gasteiger charge is -2.39. The van der Waals surface area contributed by atoms with Crippen LogP contribution >= 0.6 is 0 Å². The Labute approximate surface area is 373 Å². The lowest BCUT2D eigenvalue weighted by molar-refractivity contribution is 0.532. The van der Waals surface area contributed by atoms with Crippen LogP contribution in [0.1, 0.15) is 49.1 Å². The quantitative estimate of drug-likeness (QED) is 0.172. The van der Waals surface area contributed by atoms with E-state index in [1.54, 1.807) is 0 Å². The summed E-state index contributed by atoms with van der Waals surface area (Å²) in [5, 5.41) is 5.04. The summed E-state index contributed by atoms with van der Waals surface area (Å²) in [7, 11) is 0. The summed E-state index contributed by atoms with van der Waals surface area (Å²) >= 11 is 0. The van der Waals surface area contributed by atoms with Gasteiger partial charge in [-0.15, -0.1) is 0 Å². The standard InChI is InChI=1S/C60H46N4/c1-3-17-39(18-4-1)40-19-15-22-42(35-40)61-53-29-11-9-27-47(53)51-38-58-52(37-57(51)61)48-28-10-12-30-54(48)62(58)43-23-16-24-44(36-43)64-56-32-14-8-26-46(56)50-34-33-49-45-25-7-13-31-55(45)63(59(49)60(50)64)41-20-5-2-6-21-41/h2-3,5-14,16-21,23-36,38,52,57-58H,1,4,15,22,37H2. The SMILES string of the molecule is C1=CC(C2=CCCC(N3c4ccccc4C4=CC5C(CC43)c3ccccc3N5c3cccc(-n4c5ccccc5c5ccc6c7ccccc7n(-c7ccccc7)c6c54)c3)=C2)=CCC1. The Morgan fingerprint density at radius 1 is 0.484 bits per heavy atom. The molecule has 0 amide bonds. The van der Waals surface area contributed by atoms with Crippen LogP contribution in [0.3, 0.4) is 0 Å². The highest BCUT2D eigenvalue weighted by atomic mass is 15.2. The topological polar surface area (TPSA) is 16.3 Å². The van der Waals surface area contributed by atoms with Gasteiger partial charge in [0.15, 0.2) is 0 Å². The van der Waals surface area contributed by atoms with Gasteiger partial charge < -0.3 is 18.9 Å². The number of rotatable bonds is 5. The summed E-state index contributed by atoms with van der Waals surface area (Å²) in [6.45, 7) is 0. The van der Waals surface area contributed by atoms with E-state index in [9.17, 15) is 0 Å². The molecule has 3 atom stereocenters. The molecule has 4 nitrogen and oxygen atoms in total. The van der Waals surface area contributed by atoms with Crippen molar-refractivity contribution in [2.24, 2.45) is 0 Å². The summed E-state index contributed by atoms with van der Waals surface area (Å²) < 4.78 is 5.01. The van der Waals surface area contributed by atoms with Crippen LogP contribution in [0.2, 0.25) is 0 Å². The Bertz CT molecular complexity index is 3570. The van der Waals surface area contributed by atoms with Gasteiger partial charge in [-0.3, -0.25) is 0 Å². The van der Waals surface area contributed by atoms with Crippen molar-refractivity contribution in [2.75, 3.05) is 9.80 Å². The minimum Gasteiger partial charge on any atom is -0.337 e. The van der Waals surface area contributed by atoms with Crippen LogP contribution in [0.25, 0.3) is 60.6 Å². The fourth-order valence-corrected chi connectivity index (χ4v) is 12.2. The highest BCUT2D eigenvalue weighted by molar-refractivity contribution is 6.23. The third-order valence-corrected chi connectivity index (χ3v) is 14.9. The number of para-hydroxylation sites is 5. The van der Waals surface area contributed by atoms with E-state index in [1.165, 1.54) is 94.2 Å². The maximum atomic E-state index is 2.72. The van der Waals surface area contributed by atoms with Gasteiger partial charge in [-0.2, -0.15) is 0 Å². The molecule has 3 aliphatic carbocycles. The molecule has 2 aliphatic heterocycles. The van der Waals surface area contributed by atoms with E-state index in [0.717, 1.165) is 43.5 Å². The van der Waals surface area contributed by atoms with Gasteiger partial charge >= 0.3 is 0 Å². The van der Waals surface area contributed by atoms with Crippen LogP contribution in [0, 0.1) is 0 Å². The predicted octanol–water partition coefficient (Wildman–Crippen LogP) is 15.0. The highest BCUT2D eigenvalue weighted by Crippen LogP contribution is 2.57. The minimum absolute atomic E-state index is 0.186. The molecule has 0 N–H and O–H groups in total. The number of hydrogen-bond acceptors (Lipinski definition) is 2. The molecule has 3 unspecified atom stereocenters. The Morgan fingerprint density at radius 3 is 1.92 bits per heavy atom. The fraction of sp³-hybridized carbons (Fsp3) is 0.133. The van der Waals surface area contributed by atoms with Crippen LogP contribution in [0.5, 0.6) is 0 Å². The van der Waals surface area contributed by atoms with Crippen molar-refractivity contribution >= 4 is 66.2 Å². The lowest BCUT2D eigenvalue weighted by Crippen LogP contribution is -2.40. The highest BCUT2D eigenvalue weighted by Gasteiger charge is 2.48. The summed E-state index contributed by atoms with van der Waals surface area (Å²) in [6.07, 6.45) is 20.1. The van der Waals surface area contributed by atoms with Crippen molar-refractivity contribution in [1.82, 2.24) is 9.13 Å². The van der Waals surface area contributed by atoms with Crippen LogP contribution in [0.4, 0.5) is 17.1 Å². The van der Waals surface area contributed by atoms with Gasteiger partial charge in [0.1, 0.15) is 0 Å². The summed E-state index contributed by atoms with van der Waals surface area (Å²) in [5.74, 6) is 0.350. The first-order valence-corrected chi connectivity index (χ1v) is 23.2.